The molecule has 1 atom stereocenters. The van der Waals surface area contributed by atoms with Crippen molar-refractivity contribution in [2.45, 2.75) is 19.9 Å². The van der Waals surface area contributed by atoms with E-state index in [0.717, 1.165) is 15.6 Å². The molecule has 1 heterocycles. The molecule has 1 aromatic heterocycles. The number of rotatable bonds is 6. The fourth-order valence-electron chi connectivity index (χ4n) is 3.00. The Hall–Kier alpha value is -2.38. The monoisotopic (exact) mass is 402 g/mol. The van der Waals surface area contributed by atoms with E-state index < -0.39 is 10.0 Å². The van der Waals surface area contributed by atoms with Crippen LogP contribution in [0.25, 0.3) is 10.1 Å². The van der Waals surface area contributed by atoms with Gasteiger partial charge in [-0.1, -0.05) is 30.3 Å². The first-order chi connectivity index (χ1) is 12.8. The molecular formula is C20H22N2O3S2. The van der Waals surface area contributed by atoms with Gasteiger partial charge in [-0.2, -0.15) is 0 Å². The number of benzene rings is 2. The number of sulfonamides is 1. The number of carbonyl (C=O) groups excluding carboxylic acids is 1. The largest absolute Gasteiger partial charge is 0.345 e. The van der Waals surface area contributed by atoms with Gasteiger partial charge in [-0.05, 0) is 49.1 Å². The molecule has 3 rings (SSSR count). The van der Waals surface area contributed by atoms with Crippen LogP contribution in [0, 0.1) is 0 Å². The van der Waals surface area contributed by atoms with E-state index in [1.54, 1.807) is 13.0 Å². The Bertz CT molecular complexity index is 1060. The normalized spacial score (nSPS) is 12.7. The minimum Gasteiger partial charge on any atom is -0.345 e. The molecule has 0 saturated carbocycles. The number of nitrogens with zero attached hydrogens (tertiary/aromatic N) is 1. The molecule has 1 N–H and O–H groups in total. The fraction of sp³-hybridized carbons (Fsp3) is 0.250. The van der Waals surface area contributed by atoms with E-state index in [2.05, 4.69) is 5.32 Å². The standard InChI is InChI=1S/C20H22N2O3S2/c1-4-22(27(3,24)25)17-10-11-18-16(12-17)13-19(26-18)20(23)21-14(2)15-8-6-5-7-9-15/h5-14H,4H2,1-3H3,(H,21,23)/t14-/m1/s1. The second-order valence-electron chi connectivity index (χ2n) is 6.37. The third kappa shape index (κ3) is 4.31. The lowest BCUT2D eigenvalue weighted by Gasteiger charge is -2.20. The lowest BCUT2D eigenvalue weighted by molar-refractivity contribution is 0.0944. The molecule has 0 spiro atoms. The summed E-state index contributed by atoms with van der Waals surface area (Å²) in [5, 5.41) is 3.87. The third-order valence-corrected chi connectivity index (χ3v) is 6.73. The molecule has 0 radical (unpaired) electrons. The topological polar surface area (TPSA) is 66.5 Å². The van der Waals surface area contributed by atoms with Crippen LogP contribution in [0.15, 0.2) is 54.6 Å². The Labute approximate surface area is 163 Å². The quantitative estimate of drug-likeness (QED) is 0.673. The second kappa shape index (κ2) is 7.70. The van der Waals surface area contributed by atoms with Gasteiger partial charge >= 0.3 is 0 Å². The van der Waals surface area contributed by atoms with Gasteiger partial charge in [-0.25, -0.2) is 8.42 Å². The minimum absolute atomic E-state index is 0.0970. The first-order valence-electron chi connectivity index (χ1n) is 8.66. The first kappa shape index (κ1) is 19.4. The molecule has 0 saturated heterocycles. The number of hydrogen-bond acceptors (Lipinski definition) is 4. The van der Waals surface area contributed by atoms with Crippen LogP contribution in [0.2, 0.25) is 0 Å². The van der Waals surface area contributed by atoms with Crippen LogP contribution in [0.1, 0.15) is 35.1 Å². The number of thiophene rings is 1. The molecule has 5 nitrogen and oxygen atoms in total. The Balaban J connectivity index is 1.85. The summed E-state index contributed by atoms with van der Waals surface area (Å²) in [7, 11) is -3.34. The van der Waals surface area contributed by atoms with Gasteiger partial charge in [-0.15, -0.1) is 11.3 Å². The SMILES string of the molecule is CCN(c1ccc2sc(C(=O)N[C@H](C)c3ccccc3)cc2c1)S(C)(=O)=O. The second-order valence-corrected chi connectivity index (χ2v) is 9.36. The lowest BCUT2D eigenvalue weighted by atomic mass is 10.1. The Morgan fingerprint density at radius 3 is 2.48 bits per heavy atom. The van der Waals surface area contributed by atoms with Crippen molar-refractivity contribution >= 4 is 43.0 Å². The van der Waals surface area contributed by atoms with Crippen LogP contribution < -0.4 is 9.62 Å². The number of hydrogen-bond donors (Lipinski definition) is 1. The van der Waals surface area contributed by atoms with Crippen LogP contribution >= 0.6 is 11.3 Å². The maximum absolute atomic E-state index is 12.6. The molecule has 142 valence electrons. The molecule has 3 aromatic rings. The van der Waals surface area contributed by atoms with Crippen molar-refractivity contribution in [1.29, 1.82) is 0 Å². The zero-order valence-corrected chi connectivity index (χ0v) is 17.1. The summed E-state index contributed by atoms with van der Waals surface area (Å²) in [5.41, 5.74) is 1.65. The maximum Gasteiger partial charge on any atom is 0.261 e. The number of amides is 1. The van der Waals surface area contributed by atoms with Gasteiger partial charge in [0.1, 0.15) is 0 Å². The Morgan fingerprint density at radius 1 is 1.15 bits per heavy atom. The van der Waals surface area contributed by atoms with Crippen LogP contribution in [0.5, 0.6) is 0 Å². The van der Waals surface area contributed by atoms with Crippen molar-refractivity contribution in [3.8, 4) is 0 Å². The summed E-state index contributed by atoms with van der Waals surface area (Å²) in [5.74, 6) is -0.135. The van der Waals surface area contributed by atoms with Crippen molar-refractivity contribution in [1.82, 2.24) is 5.32 Å². The van der Waals surface area contributed by atoms with Crippen LogP contribution in [0.3, 0.4) is 0 Å². The number of nitrogens with one attached hydrogen (secondary N) is 1. The van der Waals surface area contributed by atoms with Crippen LogP contribution in [0.4, 0.5) is 5.69 Å². The third-order valence-electron chi connectivity index (χ3n) is 4.35. The predicted octanol–water partition coefficient (Wildman–Crippen LogP) is 4.18. The number of fused-ring (bicyclic) bond motifs is 1. The van der Waals surface area contributed by atoms with E-state index in [0.29, 0.717) is 17.1 Å². The highest BCUT2D eigenvalue weighted by Crippen LogP contribution is 2.30. The first-order valence-corrected chi connectivity index (χ1v) is 11.3. The lowest BCUT2D eigenvalue weighted by Crippen LogP contribution is -2.29. The predicted molar refractivity (Wildman–Crippen MR) is 112 cm³/mol. The van der Waals surface area contributed by atoms with Crippen LogP contribution in [-0.2, 0) is 10.0 Å². The molecule has 0 bridgehead atoms. The fourth-order valence-corrected chi connectivity index (χ4v) is 4.91. The van der Waals surface area contributed by atoms with Gasteiger partial charge < -0.3 is 5.32 Å². The average molecular weight is 403 g/mol. The van der Waals surface area contributed by atoms with E-state index in [4.69, 9.17) is 0 Å². The average Bonchev–Trinajstić information content (AvgIpc) is 3.05. The number of carbonyl (C=O) groups is 1. The minimum atomic E-state index is -3.34. The molecule has 0 aliphatic carbocycles. The van der Waals surface area contributed by atoms with E-state index in [9.17, 15) is 13.2 Å². The summed E-state index contributed by atoms with van der Waals surface area (Å²) in [6.45, 7) is 4.10. The summed E-state index contributed by atoms with van der Waals surface area (Å²) >= 11 is 1.40. The molecule has 7 heteroatoms. The van der Waals surface area contributed by atoms with Gasteiger partial charge in [0.05, 0.1) is 22.9 Å². The van der Waals surface area contributed by atoms with Crippen LogP contribution in [-0.4, -0.2) is 27.1 Å². The number of anilines is 1. The van der Waals surface area contributed by atoms with Gasteiger partial charge in [0, 0.05) is 11.2 Å². The molecule has 0 aliphatic rings. The van der Waals surface area contributed by atoms with Gasteiger partial charge in [0.2, 0.25) is 10.0 Å². The highest BCUT2D eigenvalue weighted by Gasteiger charge is 2.18. The van der Waals surface area contributed by atoms with E-state index >= 15 is 0 Å². The highest BCUT2D eigenvalue weighted by atomic mass is 32.2. The van der Waals surface area contributed by atoms with Crippen molar-refractivity contribution in [3.05, 3.63) is 65.0 Å². The zero-order valence-electron chi connectivity index (χ0n) is 15.5. The smallest absolute Gasteiger partial charge is 0.261 e. The van der Waals surface area contributed by atoms with Gasteiger partial charge in [-0.3, -0.25) is 9.10 Å². The van der Waals surface area contributed by atoms with E-state index in [1.807, 2.05) is 55.5 Å². The summed E-state index contributed by atoms with van der Waals surface area (Å²) in [6.07, 6.45) is 1.19. The zero-order chi connectivity index (χ0) is 19.6. The highest BCUT2D eigenvalue weighted by molar-refractivity contribution is 7.92. The molecule has 0 aliphatic heterocycles. The van der Waals surface area contributed by atoms with Crippen molar-refractivity contribution in [3.63, 3.8) is 0 Å². The molecule has 27 heavy (non-hydrogen) atoms. The molecule has 2 aromatic carbocycles. The molecule has 0 unspecified atom stereocenters. The molecule has 0 fully saturated rings. The maximum atomic E-state index is 12.6. The Kier molecular flexibility index (Phi) is 5.53. The summed E-state index contributed by atoms with van der Waals surface area (Å²) in [6, 6.07) is 17.0. The van der Waals surface area contributed by atoms with Crippen molar-refractivity contribution < 1.29 is 13.2 Å². The van der Waals surface area contributed by atoms with Gasteiger partial charge in [0.15, 0.2) is 0 Å². The molecule has 1 amide bonds. The Morgan fingerprint density at radius 2 is 1.85 bits per heavy atom. The molecular weight excluding hydrogens is 380 g/mol. The summed E-state index contributed by atoms with van der Waals surface area (Å²) < 4.78 is 26.2. The van der Waals surface area contributed by atoms with E-state index in [1.165, 1.54) is 21.9 Å². The van der Waals surface area contributed by atoms with Crippen molar-refractivity contribution in [2.24, 2.45) is 0 Å². The van der Waals surface area contributed by atoms with Crippen molar-refractivity contribution in [2.75, 3.05) is 17.1 Å². The summed E-state index contributed by atoms with van der Waals surface area (Å²) in [4.78, 5) is 13.2. The van der Waals surface area contributed by atoms with Gasteiger partial charge in [0.25, 0.3) is 5.91 Å². The van der Waals surface area contributed by atoms with E-state index in [-0.39, 0.29) is 11.9 Å².